The number of aromatic nitrogens is 3. The van der Waals surface area contributed by atoms with E-state index in [-0.39, 0.29) is 43.1 Å². The number of halogens is 2. The van der Waals surface area contributed by atoms with Gasteiger partial charge in [-0.25, -0.2) is 23.5 Å². The molecular weight excluding hydrogens is 426 g/mol. The lowest BCUT2D eigenvalue weighted by atomic mass is 9.86. The first-order chi connectivity index (χ1) is 15.1. The minimum absolute atomic E-state index is 0.0575. The van der Waals surface area contributed by atoms with Crippen molar-refractivity contribution in [2.45, 2.75) is 57.3 Å². The molecule has 2 aliphatic heterocycles. The van der Waals surface area contributed by atoms with Crippen molar-refractivity contribution in [3.63, 3.8) is 0 Å². The van der Waals surface area contributed by atoms with Gasteiger partial charge in [0.1, 0.15) is 29.2 Å². The van der Waals surface area contributed by atoms with E-state index in [1.165, 1.54) is 21.9 Å². The summed E-state index contributed by atoms with van der Waals surface area (Å²) in [4.78, 5) is 46.9. The lowest BCUT2D eigenvalue weighted by molar-refractivity contribution is -0.0667. The van der Waals surface area contributed by atoms with Crippen molar-refractivity contribution in [2.24, 2.45) is 0 Å². The average molecular weight is 446 g/mol. The van der Waals surface area contributed by atoms with Crippen molar-refractivity contribution < 1.29 is 23.5 Å². The maximum atomic E-state index is 13.8. The average Bonchev–Trinajstić information content (AvgIpc) is 3.29. The number of nitrogens with zero attached hydrogens (tertiary/aromatic N) is 4. The predicted molar refractivity (Wildman–Crippen MR) is 107 cm³/mol. The molecule has 4 heterocycles. The SMILES string of the molecule is Cc1cc(Nc2ncnc3c2CN(C(=O)O)C3)c(=O)n2c1C(=O)NC21CCC(F)(F)CC1. The summed E-state index contributed by atoms with van der Waals surface area (Å²) in [6.07, 6.45) is -0.792. The molecule has 1 fully saturated rings. The molecule has 10 nitrogen and oxygen atoms in total. The summed E-state index contributed by atoms with van der Waals surface area (Å²) in [5, 5.41) is 15.0. The second-order valence-corrected chi connectivity index (χ2v) is 8.48. The highest BCUT2D eigenvalue weighted by molar-refractivity contribution is 5.97. The van der Waals surface area contributed by atoms with Crippen LogP contribution in [0.5, 0.6) is 0 Å². The number of carbonyl (C=O) groups excluding carboxylic acids is 1. The molecule has 12 heteroatoms. The van der Waals surface area contributed by atoms with Crippen LogP contribution in [0.1, 0.15) is 53.0 Å². The molecule has 3 aliphatic rings. The van der Waals surface area contributed by atoms with E-state index in [1.807, 2.05) is 0 Å². The van der Waals surface area contributed by atoms with Crippen molar-refractivity contribution in [2.75, 3.05) is 5.32 Å². The van der Waals surface area contributed by atoms with Gasteiger partial charge in [-0.05, 0) is 31.4 Å². The third-order valence-electron chi connectivity index (χ3n) is 6.44. The minimum Gasteiger partial charge on any atom is -0.465 e. The summed E-state index contributed by atoms with van der Waals surface area (Å²) >= 11 is 0. The van der Waals surface area contributed by atoms with Gasteiger partial charge in [0.25, 0.3) is 11.5 Å². The third kappa shape index (κ3) is 3.00. The van der Waals surface area contributed by atoms with E-state index in [0.717, 1.165) is 0 Å². The van der Waals surface area contributed by atoms with Crippen LogP contribution in [-0.4, -0.2) is 42.5 Å². The Morgan fingerprint density at radius 3 is 2.59 bits per heavy atom. The van der Waals surface area contributed by atoms with Gasteiger partial charge in [-0.2, -0.15) is 0 Å². The fourth-order valence-electron chi connectivity index (χ4n) is 4.78. The molecule has 168 valence electrons. The molecule has 2 aromatic rings. The van der Waals surface area contributed by atoms with E-state index in [9.17, 15) is 28.3 Å². The Labute approximate surface area is 180 Å². The molecule has 32 heavy (non-hydrogen) atoms. The van der Waals surface area contributed by atoms with Crippen LogP contribution in [0.3, 0.4) is 0 Å². The number of anilines is 2. The highest BCUT2D eigenvalue weighted by Crippen LogP contribution is 2.43. The topological polar surface area (TPSA) is 129 Å². The van der Waals surface area contributed by atoms with E-state index in [0.29, 0.717) is 16.8 Å². The molecule has 0 radical (unpaired) electrons. The number of hydrogen-bond acceptors (Lipinski definition) is 6. The van der Waals surface area contributed by atoms with Gasteiger partial charge in [-0.1, -0.05) is 0 Å². The first-order valence-electron chi connectivity index (χ1n) is 10.2. The Kier molecular flexibility index (Phi) is 4.27. The number of alkyl halides is 2. The number of carboxylic acid groups (broad SMARTS) is 1. The maximum Gasteiger partial charge on any atom is 0.407 e. The lowest BCUT2D eigenvalue weighted by Gasteiger charge is -2.38. The largest absolute Gasteiger partial charge is 0.465 e. The zero-order valence-electron chi connectivity index (χ0n) is 17.1. The van der Waals surface area contributed by atoms with E-state index in [4.69, 9.17) is 0 Å². The van der Waals surface area contributed by atoms with E-state index in [2.05, 4.69) is 20.6 Å². The number of amides is 2. The van der Waals surface area contributed by atoms with Crippen LogP contribution in [0.4, 0.5) is 25.1 Å². The highest BCUT2D eigenvalue weighted by Gasteiger charge is 2.51. The minimum atomic E-state index is -2.83. The van der Waals surface area contributed by atoms with Crippen LogP contribution in [0.2, 0.25) is 0 Å². The second kappa shape index (κ2) is 6.71. The van der Waals surface area contributed by atoms with Crippen molar-refractivity contribution in [3.8, 4) is 0 Å². The normalized spacial score (nSPS) is 20.1. The molecule has 0 saturated heterocycles. The van der Waals surface area contributed by atoms with Gasteiger partial charge in [0, 0.05) is 18.4 Å². The van der Waals surface area contributed by atoms with Crippen LogP contribution in [0, 0.1) is 6.92 Å². The number of pyridine rings is 1. The fraction of sp³-hybridized carbons (Fsp3) is 0.450. The summed E-state index contributed by atoms with van der Waals surface area (Å²) in [5.74, 6) is -3.00. The molecule has 1 saturated carbocycles. The first-order valence-corrected chi connectivity index (χ1v) is 10.2. The second-order valence-electron chi connectivity index (χ2n) is 8.48. The van der Waals surface area contributed by atoms with Crippen LogP contribution in [0.25, 0.3) is 0 Å². The monoisotopic (exact) mass is 446 g/mol. The molecule has 0 unspecified atom stereocenters. The van der Waals surface area contributed by atoms with Crippen LogP contribution in [0.15, 0.2) is 17.2 Å². The Morgan fingerprint density at radius 2 is 1.91 bits per heavy atom. The number of aryl methyl sites for hydroxylation is 1. The summed E-state index contributed by atoms with van der Waals surface area (Å²) < 4.78 is 28.9. The van der Waals surface area contributed by atoms with Gasteiger partial charge >= 0.3 is 6.09 Å². The quantitative estimate of drug-likeness (QED) is 0.645. The summed E-state index contributed by atoms with van der Waals surface area (Å²) in [7, 11) is 0. The highest BCUT2D eigenvalue weighted by atomic mass is 19.3. The number of rotatable bonds is 2. The number of carbonyl (C=O) groups is 2. The van der Waals surface area contributed by atoms with Crippen molar-refractivity contribution >= 4 is 23.5 Å². The molecule has 3 N–H and O–H groups in total. The number of hydrogen-bond donors (Lipinski definition) is 3. The van der Waals surface area contributed by atoms with Crippen LogP contribution < -0.4 is 16.2 Å². The van der Waals surface area contributed by atoms with Gasteiger partial charge in [0.2, 0.25) is 5.92 Å². The first kappa shape index (κ1) is 20.3. The zero-order chi connectivity index (χ0) is 22.8. The molecule has 0 aromatic carbocycles. The number of nitrogens with one attached hydrogen (secondary N) is 2. The Morgan fingerprint density at radius 1 is 1.19 bits per heavy atom. The molecule has 1 spiro atoms. The molecule has 2 aromatic heterocycles. The van der Waals surface area contributed by atoms with Gasteiger partial charge in [-0.15, -0.1) is 0 Å². The molecule has 2 amide bonds. The van der Waals surface area contributed by atoms with E-state index < -0.39 is 42.0 Å². The van der Waals surface area contributed by atoms with E-state index in [1.54, 1.807) is 6.92 Å². The smallest absolute Gasteiger partial charge is 0.407 e. The third-order valence-corrected chi connectivity index (χ3v) is 6.44. The number of fused-ring (bicyclic) bond motifs is 3. The fourth-order valence-corrected chi connectivity index (χ4v) is 4.78. The summed E-state index contributed by atoms with van der Waals surface area (Å²) in [6.45, 7) is 1.85. The summed E-state index contributed by atoms with van der Waals surface area (Å²) in [6, 6.07) is 1.52. The van der Waals surface area contributed by atoms with Crippen molar-refractivity contribution in [1.82, 2.24) is 24.8 Å². The lowest BCUT2D eigenvalue weighted by Crippen LogP contribution is -2.51. The predicted octanol–water partition coefficient (Wildman–Crippen LogP) is 2.29. The molecule has 0 atom stereocenters. The van der Waals surface area contributed by atoms with Gasteiger partial charge in [0.15, 0.2) is 0 Å². The molecular formula is C20H20F2N6O4. The maximum absolute atomic E-state index is 13.8. The van der Waals surface area contributed by atoms with Crippen molar-refractivity contribution in [1.29, 1.82) is 0 Å². The van der Waals surface area contributed by atoms with Gasteiger partial charge < -0.3 is 15.7 Å². The Hall–Kier alpha value is -3.57. The zero-order valence-corrected chi connectivity index (χ0v) is 17.1. The van der Waals surface area contributed by atoms with E-state index >= 15 is 0 Å². The summed E-state index contributed by atoms with van der Waals surface area (Å²) in [5.41, 5.74) is 0.155. The molecule has 0 bridgehead atoms. The Bertz CT molecular complexity index is 1220. The van der Waals surface area contributed by atoms with Gasteiger partial charge in [0.05, 0.1) is 18.8 Å². The van der Waals surface area contributed by atoms with Gasteiger partial charge in [-0.3, -0.25) is 19.1 Å². The standard InChI is InChI=1S/C20H20F2N6O4/c1-10-6-12(25-15-11-7-27(18(31)32)8-13(11)23-9-24-15)17(30)28-14(10)16(29)26-20(28)4-2-19(21,22)3-5-20/h6,9H,2-5,7-8H2,1H3,(H,26,29)(H,31,32)(H,23,24,25). The molecule has 5 rings (SSSR count). The van der Waals surface area contributed by atoms with Crippen LogP contribution >= 0.6 is 0 Å². The van der Waals surface area contributed by atoms with Crippen molar-refractivity contribution in [3.05, 3.63) is 45.3 Å². The van der Waals surface area contributed by atoms with Crippen LogP contribution in [-0.2, 0) is 18.8 Å². The Balaban J connectivity index is 1.56. The molecule has 1 aliphatic carbocycles.